The molecule has 0 amide bonds. The van der Waals surface area contributed by atoms with Crippen LogP contribution in [-0.2, 0) is 19.4 Å². The van der Waals surface area contributed by atoms with Gasteiger partial charge in [-0.1, -0.05) is 37.3 Å². The molecule has 0 saturated heterocycles. The minimum Gasteiger partial charge on any atom is -0.497 e. The molecule has 4 aromatic rings. The number of nitrogens with one attached hydrogen (secondary N) is 2. The van der Waals surface area contributed by atoms with Gasteiger partial charge in [0.2, 0.25) is 5.88 Å². The first-order valence-corrected chi connectivity index (χ1v) is 11.5. The molecule has 8 heteroatoms. The van der Waals surface area contributed by atoms with Crippen LogP contribution in [0.2, 0.25) is 0 Å². The van der Waals surface area contributed by atoms with Gasteiger partial charge >= 0.3 is 5.69 Å². The van der Waals surface area contributed by atoms with E-state index in [0.29, 0.717) is 13.0 Å². The van der Waals surface area contributed by atoms with Crippen molar-refractivity contribution < 1.29 is 9.84 Å². The number of aromatic nitrogens is 3. The van der Waals surface area contributed by atoms with Gasteiger partial charge in [-0.25, -0.2) is 4.79 Å². The van der Waals surface area contributed by atoms with Crippen LogP contribution in [-0.4, -0.2) is 44.7 Å². The molecule has 0 aliphatic carbocycles. The van der Waals surface area contributed by atoms with Gasteiger partial charge in [-0.15, -0.1) is 0 Å². The van der Waals surface area contributed by atoms with Gasteiger partial charge in [-0.2, -0.15) is 0 Å². The first kappa shape index (κ1) is 22.0. The van der Waals surface area contributed by atoms with Gasteiger partial charge in [-0.05, 0) is 48.7 Å². The van der Waals surface area contributed by atoms with E-state index >= 15 is 0 Å². The van der Waals surface area contributed by atoms with E-state index in [2.05, 4.69) is 20.9 Å². The molecule has 1 atom stereocenters. The predicted octanol–water partition coefficient (Wildman–Crippen LogP) is 2.94. The van der Waals surface area contributed by atoms with E-state index in [0.717, 1.165) is 46.4 Å². The third-order valence-electron chi connectivity index (χ3n) is 6.80. The van der Waals surface area contributed by atoms with E-state index in [1.54, 1.807) is 7.11 Å². The third-order valence-corrected chi connectivity index (χ3v) is 6.80. The topological polar surface area (TPSA) is 103 Å². The van der Waals surface area contributed by atoms with E-state index in [4.69, 9.17) is 4.74 Å². The van der Waals surface area contributed by atoms with E-state index in [9.17, 15) is 14.7 Å². The Morgan fingerprint density at radius 3 is 2.59 bits per heavy atom. The molecule has 0 spiro atoms. The Kier molecular flexibility index (Phi) is 5.75. The summed E-state index contributed by atoms with van der Waals surface area (Å²) in [5.74, 6) is 0.471. The lowest BCUT2D eigenvalue weighted by Crippen LogP contribution is -2.41. The van der Waals surface area contributed by atoms with Gasteiger partial charge in [0.15, 0.2) is 0 Å². The van der Waals surface area contributed by atoms with Crippen molar-refractivity contribution in [3.05, 3.63) is 91.8 Å². The van der Waals surface area contributed by atoms with Gasteiger partial charge < -0.3 is 14.8 Å². The zero-order valence-electron chi connectivity index (χ0n) is 19.3. The molecule has 0 saturated carbocycles. The van der Waals surface area contributed by atoms with E-state index in [-0.39, 0.29) is 18.0 Å². The van der Waals surface area contributed by atoms with Crippen LogP contribution < -0.4 is 16.0 Å². The summed E-state index contributed by atoms with van der Waals surface area (Å²) >= 11 is 0. The Balaban J connectivity index is 1.58. The van der Waals surface area contributed by atoms with Crippen molar-refractivity contribution in [1.29, 1.82) is 0 Å². The summed E-state index contributed by atoms with van der Waals surface area (Å²) < 4.78 is 6.45. The number of benzene rings is 2. The largest absolute Gasteiger partial charge is 0.497 e. The van der Waals surface area contributed by atoms with Crippen molar-refractivity contribution in [2.24, 2.45) is 0 Å². The number of fused-ring (bicyclic) bond motifs is 3. The third kappa shape index (κ3) is 3.70. The zero-order valence-corrected chi connectivity index (χ0v) is 19.3. The Labute approximate surface area is 196 Å². The number of para-hydroxylation sites is 1. The van der Waals surface area contributed by atoms with Crippen LogP contribution in [0.4, 0.5) is 0 Å². The van der Waals surface area contributed by atoms with Crippen molar-refractivity contribution in [3.8, 4) is 11.6 Å². The highest BCUT2D eigenvalue weighted by Crippen LogP contribution is 2.39. The molecule has 8 nitrogen and oxygen atoms in total. The normalized spacial score (nSPS) is 16.0. The van der Waals surface area contributed by atoms with Gasteiger partial charge in [0.05, 0.1) is 13.2 Å². The molecule has 1 aliphatic rings. The SMILES string of the molecule is CCN1CCc2c([nH]c3ccccc23)[C@@H]1c1c(O)n(CCc2ccc(OC)cc2)c(=O)[nH]c1=O. The fourth-order valence-corrected chi connectivity index (χ4v) is 5.02. The molecular weight excluding hydrogens is 432 g/mol. The molecule has 34 heavy (non-hydrogen) atoms. The highest BCUT2D eigenvalue weighted by molar-refractivity contribution is 5.85. The van der Waals surface area contributed by atoms with Crippen LogP contribution in [0.25, 0.3) is 10.9 Å². The molecule has 3 heterocycles. The number of aromatic amines is 2. The number of nitrogens with zero attached hydrogens (tertiary/aromatic N) is 2. The lowest BCUT2D eigenvalue weighted by molar-refractivity contribution is 0.214. The molecule has 2 aromatic carbocycles. The minimum absolute atomic E-state index is 0.198. The highest BCUT2D eigenvalue weighted by atomic mass is 16.5. The second-order valence-electron chi connectivity index (χ2n) is 8.59. The van der Waals surface area contributed by atoms with E-state index in [1.807, 2.05) is 49.4 Å². The second kappa shape index (κ2) is 8.87. The maximum absolute atomic E-state index is 13.1. The van der Waals surface area contributed by atoms with Crippen molar-refractivity contribution in [3.63, 3.8) is 0 Å². The standard InChI is InChI=1S/C26H28N4O4/c1-3-29-14-13-19-18-6-4-5-7-20(18)27-22(19)23(29)21-24(31)28-26(33)30(25(21)32)15-12-16-8-10-17(34-2)11-9-16/h4-11,23,27,32H,3,12-15H2,1-2H3,(H,28,31,33)/t23-/m0/s1. The molecule has 5 rings (SSSR count). The number of hydrogen-bond donors (Lipinski definition) is 3. The van der Waals surface area contributed by atoms with Crippen molar-refractivity contribution in [2.45, 2.75) is 32.4 Å². The average molecular weight is 461 g/mol. The van der Waals surface area contributed by atoms with Crippen LogP contribution in [0, 0.1) is 0 Å². The number of aryl methyl sites for hydroxylation is 1. The summed E-state index contributed by atoms with van der Waals surface area (Å²) in [5, 5.41) is 12.4. The molecule has 3 N–H and O–H groups in total. The minimum atomic E-state index is -0.615. The Morgan fingerprint density at radius 1 is 1.09 bits per heavy atom. The van der Waals surface area contributed by atoms with Crippen LogP contribution in [0.1, 0.15) is 35.3 Å². The van der Waals surface area contributed by atoms with Crippen LogP contribution >= 0.6 is 0 Å². The summed E-state index contributed by atoms with van der Waals surface area (Å²) in [4.78, 5) is 33.8. The number of likely N-dealkylation sites (N-methyl/N-ethyl adjacent to an activating group) is 1. The van der Waals surface area contributed by atoms with Crippen LogP contribution in [0.5, 0.6) is 11.6 Å². The van der Waals surface area contributed by atoms with E-state index in [1.165, 1.54) is 4.57 Å². The van der Waals surface area contributed by atoms with Crippen molar-refractivity contribution in [2.75, 3.05) is 20.2 Å². The summed E-state index contributed by atoms with van der Waals surface area (Å²) in [6.07, 6.45) is 1.36. The maximum atomic E-state index is 13.1. The molecule has 0 radical (unpaired) electrons. The maximum Gasteiger partial charge on any atom is 0.331 e. The highest BCUT2D eigenvalue weighted by Gasteiger charge is 2.35. The van der Waals surface area contributed by atoms with E-state index < -0.39 is 17.3 Å². The fraction of sp³-hybridized carbons (Fsp3) is 0.308. The summed E-state index contributed by atoms with van der Waals surface area (Å²) in [6.45, 7) is 3.72. The molecule has 0 unspecified atom stereocenters. The Morgan fingerprint density at radius 2 is 1.85 bits per heavy atom. The lowest BCUT2D eigenvalue weighted by atomic mass is 9.93. The summed E-state index contributed by atoms with van der Waals surface area (Å²) in [7, 11) is 1.61. The predicted molar refractivity (Wildman–Crippen MR) is 131 cm³/mol. The molecule has 176 valence electrons. The molecule has 1 aliphatic heterocycles. The van der Waals surface area contributed by atoms with Crippen LogP contribution in [0.15, 0.2) is 58.1 Å². The summed E-state index contributed by atoms with van der Waals surface area (Å²) in [5.41, 5.74) is 3.07. The Bertz CT molecular complexity index is 1450. The fourth-order valence-electron chi connectivity index (χ4n) is 5.02. The van der Waals surface area contributed by atoms with Crippen molar-refractivity contribution >= 4 is 10.9 Å². The number of H-pyrrole nitrogens is 2. The quantitative estimate of drug-likeness (QED) is 0.411. The monoisotopic (exact) mass is 460 g/mol. The van der Waals surface area contributed by atoms with Crippen LogP contribution in [0.3, 0.4) is 0 Å². The molecule has 0 bridgehead atoms. The number of methoxy groups -OCH3 is 1. The number of aromatic hydroxyl groups is 1. The summed E-state index contributed by atoms with van der Waals surface area (Å²) in [6, 6.07) is 15.1. The number of ether oxygens (including phenoxy) is 1. The van der Waals surface area contributed by atoms with Gasteiger partial charge in [0, 0.05) is 29.7 Å². The molecule has 2 aromatic heterocycles. The molecule has 0 fully saturated rings. The van der Waals surface area contributed by atoms with Gasteiger partial charge in [-0.3, -0.25) is 19.2 Å². The number of hydrogen-bond acceptors (Lipinski definition) is 5. The zero-order chi connectivity index (χ0) is 23.8. The molecular formula is C26H28N4O4. The van der Waals surface area contributed by atoms with Gasteiger partial charge in [0.25, 0.3) is 5.56 Å². The smallest absolute Gasteiger partial charge is 0.331 e. The number of rotatable bonds is 6. The first-order valence-electron chi connectivity index (χ1n) is 11.5. The lowest BCUT2D eigenvalue weighted by Gasteiger charge is -2.35. The van der Waals surface area contributed by atoms with Crippen molar-refractivity contribution in [1.82, 2.24) is 19.4 Å². The van der Waals surface area contributed by atoms with Gasteiger partial charge in [0.1, 0.15) is 11.3 Å². The second-order valence-corrected chi connectivity index (χ2v) is 8.59. The average Bonchev–Trinajstić information content (AvgIpc) is 3.23. The first-order chi connectivity index (χ1) is 16.5. The Hall–Kier alpha value is -3.78.